The number of carbonyl (C=O) groups is 3. The fourth-order valence-electron chi connectivity index (χ4n) is 3.80. The SMILES string of the molecule is NC(Cc1ccc(F)cc1F)C(=O)Nc1cc(C(=O)OCc2ccccc2)cc(C(=O)OCc2ccccc2)c1. The highest BCUT2D eigenvalue weighted by molar-refractivity contribution is 6.00. The molecule has 7 nitrogen and oxygen atoms in total. The lowest BCUT2D eigenvalue weighted by molar-refractivity contribution is -0.117. The molecule has 4 aromatic carbocycles. The largest absolute Gasteiger partial charge is 0.457 e. The summed E-state index contributed by atoms with van der Waals surface area (Å²) < 4.78 is 38.0. The molecular formula is C31H26F2N2O5. The van der Waals surface area contributed by atoms with E-state index in [0.717, 1.165) is 17.2 Å². The first-order chi connectivity index (χ1) is 19.3. The predicted octanol–water partition coefficient (Wildman–Crippen LogP) is 5.19. The number of benzene rings is 4. The Morgan fingerprint density at radius 1 is 0.725 bits per heavy atom. The van der Waals surface area contributed by atoms with Gasteiger partial charge < -0.3 is 20.5 Å². The number of anilines is 1. The van der Waals surface area contributed by atoms with E-state index in [1.807, 2.05) is 12.1 Å². The van der Waals surface area contributed by atoms with Gasteiger partial charge in [-0.15, -0.1) is 0 Å². The predicted molar refractivity (Wildman–Crippen MR) is 144 cm³/mol. The Bertz CT molecular complexity index is 1420. The zero-order valence-corrected chi connectivity index (χ0v) is 21.3. The van der Waals surface area contributed by atoms with Gasteiger partial charge in [-0.3, -0.25) is 4.79 Å². The van der Waals surface area contributed by atoms with Crippen molar-refractivity contribution in [1.29, 1.82) is 0 Å². The van der Waals surface area contributed by atoms with E-state index in [9.17, 15) is 23.2 Å². The van der Waals surface area contributed by atoms with E-state index in [-0.39, 0.29) is 42.0 Å². The van der Waals surface area contributed by atoms with Gasteiger partial charge in [-0.25, -0.2) is 18.4 Å². The zero-order chi connectivity index (χ0) is 28.5. The van der Waals surface area contributed by atoms with Crippen LogP contribution in [-0.4, -0.2) is 23.9 Å². The van der Waals surface area contributed by atoms with E-state index >= 15 is 0 Å². The van der Waals surface area contributed by atoms with Gasteiger partial charge in [0.15, 0.2) is 0 Å². The maximum Gasteiger partial charge on any atom is 0.338 e. The molecule has 9 heteroatoms. The molecule has 0 spiro atoms. The van der Waals surface area contributed by atoms with Gasteiger partial charge in [-0.2, -0.15) is 0 Å². The highest BCUT2D eigenvalue weighted by Crippen LogP contribution is 2.20. The second-order valence-corrected chi connectivity index (χ2v) is 8.96. The maximum atomic E-state index is 14.0. The van der Waals surface area contributed by atoms with Gasteiger partial charge in [-0.1, -0.05) is 66.7 Å². The van der Waals surface area contributed by atoms with Gasteiger partial charge in [0, 0.05) is 11.8 Å². The maximum absolute atomic E-state index is 14.0. The smallest absolute Gasteiger partial charge is 0.338 e. The van der Waals surface area contributed by atoms with E-state index < -0.39 is 35.5 Å². The number of esters is 2. The van der Waals surface area contributed by atoms with E-state index in [0.29, 0.717) is 6.07 Å². The summed E-state index contributed by atoms with van der Waals surface area (Å²) in [6.45, 7) is -0.00366. The van der Waals surface area contributed by atoms with Crippen LogP contribution in [0.1, 0.15) is 37.4 Å². The standard InChI is InChI=1S/C31H26F2N2O5/c32-25-12-11-22(27(33)17-25)16-28(34)29(36)35-26-14-23(30(37)39-18-20-7-3-1-4-8-20)13-24(15-26)31(38)40-19-21-9-5-2-6-10-21/h1-15,17,28H,16,18-19,34H2,(H,35,36). The summed E-state index contributed by atoms with van der Waals surface area (Å²) in [6.07, 6.45) is -0.206. The average Bonchev–Trinajstić information content (AvgIpc) is 2.97. The molecule has 0 aliphatic carbocycles. The second-order valence-electron chi connectivity index (χ2n) is 8.96. The Morgan fingerprint density at radius 3 is 1.75 bits per heavy atom. The van der Waals surface area contributed by atoms with Crippen molar-refractivity contribution in [1.82, 2.24) is 0 Å². The summed E-state index contributed by atoms with van der Waals surface area (Å²) >= 11 is 0. The van der Waals surface area contributed by atoms with E-state index in [2.05, 4.69) is 5.32 Å². The molecule has 0 fully saturated rings. The number of ether oxygens (including phenoxy) is 2. The molecule has 0 aromatic heterocycles. The Hall–Kier alpha value is -4.89. The van der Waals surface area contributed by atoms with E-state index in [4.69, 9.17) is 15.2 Å². The molecule has 0 bridgehead atoms. The zero-order valence-electron chi connectivity index (χ0n) is 21.3. The number of nitrogens with one attached hydrogen (secondary N) is 1. The van der Waals surface area contributed by atoms with Crippen LogP contribution >= 0.6 is 0 Å². The fraction of sp³-hybridized carbons (Fsp3) is 0.129. The topological polar surface area (TPSA) is 108 Å². The number of nitrogens with two attached hydrogens (primary N) is 1. The molecule has 4 rings (SSSR count). The fourth-order valence-corrected chi connectivity index (χ4v) is 3.80. The number of carbonyl (C=O) groups excluding carboxylic acids is 3. The third-order valence-corrected chi connectivity index (χ3v) is 5.89. The monoisotopic (exact) mass is 544 g/mol. The van der Waals surface area contributed by atoms with Gasteiger partial charge >= 0.3 is 11.9 Å². The van der Waals surface area contributed by atoms with Crippen molar-refractivity contribution in [2.75, 3.05) is 5.32 Å². The number of rotatable bonds is 10. The molecule has 40 heavy (non-hydrogen) atoms. The van der Waals surface area contributed by atoms with Crippen LogP contribution in [0.25, 0.3) is 0 Å². The highest BCUT2D eigenvalue weighted by Gasteiger charge is 2.20. The van der Waals surface area contributed by atoms with Crippen LogP contribution in [0.2, 0.25) is 0 Å². The average molecular weight is 545 g/mol. The quantitative estimate of drug-likeness (QED) is 0.266. The summed E-state index contributed by atoms with van der Waals surface area (Å²) in [5, 5.41) is 2.55. The van der Waals surface area contributed by atoms with Crippen molar-refractivity contribution < 1.29 is 32.6 Å². The molecular weight excluding hydrogens is 518 g/mol. The van der Waals surface area contributed by atoms with Crippen molar-refractivity contribution in [3.8, 4) is 0 Å². The Balaban J connectivity index is 1.52. The molecule has 0 aliphatic heterocycles. The first-order valence-electron chi connectivity index (χ1n) is 12.4. The van der Waals surface area contributed by atoms with Crippen LogP contribution in [-0.2, 0) is 33.9 Å². The first-order valence-corrected chi connectivity index (χ1v) is 12.4. The summed E-state index contributed by atoms with van der Waals surface area (Å²) in [5.41, 5.74) is 7.64. The Labute approximate surface area is 229 Å². The Morgan fingerprint density at radius 2 is 1.25 bits per heavy atom. The third-order valence-electron chi connectivity index (χ3n) is 5.89. The van der Waals surface area contributed by atoms with Crippen LogP contribution < -0.4 is 11.1 Å². The minimum Gasteiger partial charge on any atom is -0.457 e. The minimum atomic E-state index is -1.21. The number of hydrogen-bond donors (Lipinski definition) is 2. The number of hydrogen-bond acceptors (Lipinski definition) is 6. The first kappa shape index (κ1) is 28.1. The molecule has 1 atom stereocenters. The van der Waals surface area contributed by atoms with Crippen LogP contribution in [0.5, 0.6) is 0 Å². The molecule has 204 valence electrons. The van der Waals surface area contributed by atoms with Crippen molar-refractivity contribution in [3.63, 3.8) is 0 Å². The van der Waals surface area contributed by atoms with Gasteiger partial charge in [-0.05, 0) is 47.4 Å². The number of amides is 1. The molecule has 1 amide bonds. The lowest BCUT2D eigenvalue weighted by Gasteiger charge is -2.15. The summed E-state index contributed by atoms with van der Waals surface area (Å²) in [6, 6.07) is 23.8. The van der Waals surface area contributed by atoms with Gasteiger partial charge in [0.1, 0.15) is 24.8 Å². The van der Waals surface area contributed by atoms with Crippen LogP contribution in [0.15, 0.2) is 97.1 Å². The molecule has 3 N–H and O–H groups in total. The molecule has 1 unspecified atom stereocenters. The third kappa shape index (κ3) is 7.81. The molecule has 0 heterocycles. The van der Waals surface area contributed by atoms with Gasteiger partial charge in [0.25, 0.3) is 0 Å². The molecule has 4 aromatic rings. The Kier molecular flexibility index (Phi) is 9.32. The molecule has 0 aliphatic rings. The van der Waals surface area contributed by atoms with Crippen molar-refractivity contribution in [3.05, 3.63) is 137 Å². The second kappa shape index (κ2) is 13.3. The lowest BCUT2D eigenvalue weighted by atomic mass is 10.0. The lowest BCUT2D eigenvalue weighted by Crippen LogP contribution is -2.37. The number of halogens is 2. The highest BCUT2D eigenvalue weighted by atomic mass is 19.1. The van der Waals surface area contributed by atoms with Crippen LogP contribution in [0, 0.1) is 11.6 Å². The van der Waals surface area contributed by atoms with Crippen LogP contribution in [0.4, 0.5) is 14.5 Å². The summed E-state index contributed by atoms with van der Waals surface area (Å²) in [7, 11) is 0. The van der Waals surface area contributed by atoms with E-state index in [1.54, 1.807) is 48.5 Å². The molecule has 0 radical (unpaired) electrons. The van der Waals surface area contributed by atoms with Crippen LogP contribution in [0.3, 0.4) is 0 Å². The van der Waals surface area contributed by atoms with Crippen molar-refractivity contribution in [2.45, 2.75) is 25.7 Å². The normalized spacial score (nSPS) is 11.4. The summed E-state index contributed by atoms with van der Waals surface area (Å²) in [5.74, 6) is -3.73. The molecule has 0 saturated carbocycles. The molecule has 0 saturated heterocycles. The van der Waals surface area contributed by atoms with Crippen molar-refractivity contribution in [2.24, 2.45) is 5.73 Å². The summed E-state index contributed by atoms with van der Waals surface area (Å²) in [4.78, 5) is 38.5. The van der Waals surface area contributed by atoms with E-state index in [1.165, 1.54) is 24.3 Å². The van der Waals surface area contributed by atoms with Gasteiger partial charge in [0.2, 0.25) is 5.91 Å². The van der Waals surface area contributed by atoms with Gasteiger partial charge in [0.05, 0.1) is 17.2 Å². The minimum absolute atomic E-state index is 0.00135. The van der Waals surface area contributed by atoms with Crippen molar-refractivity contribution >= 4 is 23.5 Å².